The Hall–Kier alpha value is 1.54. The molecule has 0 rings (SSSR count). The van der Waals surface area contributed by atoms with Crippen molar-refractivity contribution in [1.82, 2.24) is 0 Å². The number of hydrogen-bond acceptors (Lipinski definition) is 4. The molecular formula is C12H26O2PS2Zn+. The molecule has 0 bridgehead atoms. The third-order valence-corrected chi connectivity index (χ3v) is 6.96. The molecule has 0 radical (unpaired) electrons. The fraction of sp³-hybridized carbons (Fsp3) is 1.00. The van der Waals surface area contributed by atoms with Crippen molar-refractivity contribution in [3.63, 3.8) is 0 Å². The van der Waals surface area contributed by atoms with Crippen molar-refractivity contribution in [3.05, 3.63) is 0 Å². The third-order valence-electron chi connectivity index (χ3n) is 2.58. The molecule has 0 saturated carbocycles. The van der Waals surface area contributed by atoms with Crippen molar-refractivity contribution >= 4 is 28.9 Å². The van der Waals surface area contributed by atoms with E-state index in [-0.39, 0.29) is 19.5 Å². The van der Waals surface area contributed by atoms with E-state index >= 15 is 0 Å². The maximum atomic E-state index is 12.0. The van der Waals surface area contributed by atoms with E-state index in [4.69, 9.17) is 16.3 Å². The van der Waals surface area contributed by atoms with Crippen LogP contribution in [0.15, 0.2) is 0 Å². The molecule has 2 unspecified atom stereocenters. The topological polar surface area (TPSA) is 32.3 Å². The minimum absolute atomic E-state index is 0. The van der Waals surface area contributed by atoms with Crippen LogP contribution in [0.25, 0.3) is 0 Å². The zero-order valence-electron chi connectivity index (χ0n) is 12.2. The van der Waals surface area contributed by atoms with Crippen LogP contribution in [0.2, 0.25) is 0 Å². The van der Waals surface area contributed by atoms with Crippen LogP contribution in [0.4, 0.5) is 0 Å². The van der Waals surface area contributed by atoms with Gasteiger partial charge in [0, 0.05) is 11.4 Å². The van der Waals surface area contributed by atoms with E-state index in [2.05, 4.69) is 13.8 Å². The molecule has 0 aromatic carbocycles. The van der Waals surface area contributed by atoms with Gasteiger partial charge in [-0.05, 0) is 18.3 Å². The van der Waals surface area contributed by atoms with Crippen molar-refractivity contribution in [1.29, 1.82) is 0 Å². The molecule has 0 aliphatic heterocycles. The van der Waals surface area contributed by atoms with E-state index < -0.39 is 5.69 Å². The summed E-state index contributed by atoms with van der Waals surface area (Å²) in [7, 11) is 0. The number of hydrogen-bond donors (Lipinski definition) is 0. The fourth-order valence-electron chi connectivity index (χ4n) is 1.37. The largest absolute Gasteiger partial charge is 2.00 e. The standard InChI is InChI=1S/C12H27O2PS2.Zn/c1-5-7-8-12(6-2)10-17-15(13,16)14-9-11(3)4;/h11-12H,5-10H2,1-4H3,(H,13,16);/q;+2/p-1. The molecule has 2 nitrogen and oxygen atoms in total. The molecule has 0 aromatic rings. The molecule has 0 fully saturated rings. The van der Waals surface area contributed by atoms with E-state index in [9.17, 15) is 4.89 Å². The van der Waals surface area contributed by atoms with Crippen LogP contribution in [-0.4, -0.2) is 12.4 Å². The molecule has 0 amide bonds. The van der Waals surface area contributed by atoms with Gasteiger partial charge in [0.1, 0.15) is 0 Å². The van der Waals surface area contributed by atoms with Gasteiger partial charge in [-0.1, -0.05) is 58.8 Å². The van der Waals surface area contributed by atoms with Crippen LogP contribution in [0.3, 0.4) is 0 Å². The quantitative estimate of drug-likeness (QED) is 0.431. The maximum absolute atomic E-state index is 12.0. The zero-order chi connectivity index (χ0) is 13.3. The molecule has 0 aliphatic rings. The smallest absolute Gasteiger partial charge is 0.793 e. The summed E-state index contributed by atoms with van der Waals surface area (Å²) >= 11 is 6.39. The van der Waals surface area contributed by atoms with Crippen molar-refractivity contribution in [2.45, 2.75) is 53.4 Å². The van der Waals surface area contributed by atoms with Crippen LogP contribution >= 0.6 is 17.1 Å². The summed E-state index contributed by atoms with van der Waals surface area (Å²) in [6.07, 6.45) is 4.80. The van der Waals surface area contributed by atoms with Gasteiger partial charge in [0.25, 0.3) is 0 Å². The van der Waals surface area contributed by atoms with E-state index in [1.54, 1.807) is 0 Å². The Bertz CT molecular complexity index is 240. The molecule has 0 saturated heterocycles. The first kappa shape index (κ1) is 21.8. The molecule has 0 aliphatic carbocycles. The predicted octanol–water partition coefficient (Wildman–Crippen LogP) is 4.19. The molecular weight excluding hydrogens is 337 g/mol. The van der Waals surface area contributed by atoms with Crippen molar-refractivity contribution < 1.29 is 28.9 Å². The summed E-state index contributed by atoms with van der Waals surface area (Å²) in [6.45, 7) is 8.96. The second-order valence-electron chi connectivity index (χ2n) is 4.85. The van der Waals surface area contributed by atoms with Gasteiger partial charge in [-0.25, -0.2) is 0 Å². The summed E-state index contributed by atoms with van der Waals surface area (Å²) in [5.41, 5.74) is -2.85. The Morgan fingerprint density at radius 1 is 1.33 bits per heavy atom. The maximum Gasteiger partial charge on any atom is 2.00 e. The van der Waals surface area contributed by atoms with Gasteiger partial charge >= 0.3 is 19.5 Å². The molecule has 104 valence electrons. The second kappa shape index (κ2) is 12.3. The summed E-state index contributed by atoms with van der Waals surface area (Å²) in [5, 5.41) is 0. The van der Waals surface area contributed by atoms with Crippen LogP contribution in [0.1, 0.15) is 53.4 Å². The first-order chi connectivity index (χ1) is 7.91. The fourth-order valence-corrected chi connectivity index (χ4v) is 5.04. The predicted molar refractivity (Wildman–Crippen MR) is 80.8 cm³/mol. The average Bonchev–Trinajstić information content (AvgIpc) is 2.27. The van der Waals surface area contributed by atoms with Crippen molar-refractivity contribution in [2.24, 2.45) is 11.8 Å². The molecule has 2 atom stereocenters. The molecule has 0 spiro atoms. The summed E-state index contributed by atoms with van der Waals surface area (Å²) in [4.78, 5) is 12.0. The van der Waals surface area contributed by atoms with Gasteiger partial charge in [0.15, 0.2) is 0 Å². The Kier molecular flexibility index (Phi) is 14.9. The van der Waals surface area contributed by atoms with Crippen LogP contribution in [-0.2, 0) is 35.8 Å². The van der Waals surface area contributed by atoms with Crippen molar-refractivity contribution in [3.8, 4) is 0 Å². The van der Waals surface area contributed by atoms with Crippen molar-refractivity contribution in [2.75, 3.05) is 12.4 Å². The zero-order valence-corrected chi connectivity index (χ0v) is 17.7. The SMILES string of the molecule is CCCCC(CC)CSP([O-])(=S)OCC(C)C.[Zn+2]. The molecule has 18 heavy (non-hydrogen) atoms. The van der Waals surface area contributed by atoms with E-state index in [1.807, 2.05) is 13.8 Å². The molecule has 6 heteroatoms. The average molecular weight is 363 g/mol. The number of unbranched alkanes of at least 4 members (excludes halogenated alkanes) is 1. The Morgan fingerprint density at radius 3 is 2.39 bits per heavy atom. The van der Waals surface area contributed by atoms with Gasteiger partial charge in [0.2, 0.25) is 0 Å². The first-order valence-electron chi connectivity index (χ1n) is 6.51. The Morgan fingerprint density at radius 2 is 1.94 bits per heavy atom. The molecule has 0 aromatic heterocycles. The van der Waals surface area contributed by atoms with Gasteiger partial charge < -0.3 is 9.42 Å². The van der Waals surface area contributed by atoms with E-state index in [1.165, 1.54) is 30.6 Å². The second-order valence-corrected chi connectivity index (χ2v) is 10.9. The molecule has 0 heterocycles. The van der Waals surface area contributed by atoms with Gasteiger partial charge in [-0.15, -0.1) is 11.4 Å². The van der Waals surface area contributed by atoms with Crippen LogP contribution in [0, 0.1) is 11.8 Å². The van der Waals surface area contributed by atoms with Gasteiger partial charge in [0.05, 0.1) is 6.61 Å². The third kappa shape index (κ3) is 12.6. The van der Waals surface area contributed by atoms with Gasteiger partial charge in [-0.3, -0.25) is 0 Å². The van der Waals surface area contributed by atoms with Gasteiger partial charge in [-0.2, -0.15) is 0 Å². The minimum atomic E-state index is -2.85. The normalized spacial score (nSPS) is 16.1. The first-order valence-corrected chi connectivity index (χ1v) is 10.7. The summed E-state index contributed by atoms with van der Waals surface area (Å²) < 4.78 is 5.32. The molecule has 0 N–H and O–H groups in total. The minimum Gasteiger partial charge on any atom is -0.793 e. The van der Waals surface area contributed by atoms with Crippen LogP contribution < -0.4 is 4.89 Å². The summed E-state index contributed by atoms with van der Waals surface area (Å²) in [5.74, 6) is 1.88. The summed E-state index contributed by atoms with van der Waals surface area (Å²) in [6, 6.07) is 0. The van der Waals surface area contributed by atoms with E-state index in [0.717, 1.165) is 12.2 Å². The van der Waals surface area contributed by atoms with E-state index in [0.29, 0.717) is 18.4 Å². The number of rotatable bonds is 10. The Labute approximate surface area is 135 Å². The monoisotopic (exact) mass is 361 g/mol. The van der Waals surface area contributed by atoms with Crippen LogP contribution in [0.5, 0.6) is 0 Å². The Balaban J connectivity index is 0.